The summed E-state index contributed by atoms with van der Waals surface area (Å²) in [5.74, 6) is -1.62. The van der Waals surface area contributed by atoms with Crippen LogP contribution in [-0.4, -0.2) is 0 Å². The molecule has 0 radical (unpaired) electrons. The molecule has 2 aromatic carbocycles. The highest BCUT2D eigenvalue weighted by molar-refractivity contribution is 9.10. The van der Waals surface area contributed by atoms with Gasteiger partial charge in [0.1, 0.15) is 17.5 Å². The molecule has 2 aromatic rings. The third-order valence-electron chi connectivity index (χ3n) is 2.71. The van der Waals surface area contributed by atoms with Gasteiger partial charge in [0.2, 0.25) is 0 Å². The zero-order valence-electron chi connectivity index (χ0n) is 9.64. The van der Waals surface area contributed by atoms with Crippen molar-refractivity contribution in [2.24, 2.45) is 0 Å². The molecule has 1 atom stereocenters. The molecular weight excluding hydrogens is 385 g/mol. The average molecular weight is 394 g/mol. The lowest BCUT2D eigenvalue weighted by Crippen LogP contribution is -2.01. The molecule has 0 bridgehead atoms. The standard InChI is InChI=1S/C14H9Br2F3/c15-9-2-4-13(18)11(6-9)12(16)5-8-1-3-10(17)7-14(8)19/h1-4,6-7,12H,5H2. The summed E-state index contributed by atoms with van der Waals surface area (Å²) in [5.41, 5.74) is 0.765. The van der Waals surface area contributed by atoms with Crippen molar-refractivity contribution in [2.75, 3.05) is 0 Å². The van der Waals surface area contributed by atoms with Crippen molar-refractivity contribution in [3.05, 3.63) is 69.4 Å². The highest BCUT2D eigenvalue weighted by Gasteiger charge is 2.16. The second-order valence-corrected chi connectivity index (χ2v) is 6.09. The van der Waals surface area contributed by atoms with Crippen molar-refractivity contribution in [2.45, 2.75) is 11.2 Å². The van der Waals surface area contributed by atoms with Gasteiger partial charge in [-0.05, 0) is 36.2 Å². The van der Waals surface area contributed by atoms with Gasteiger partial charge in [0, 0.05) is 20.9 Å². The van der Waals surface area contributed by atoms with E-state index in [-0.39, 0.29) is 17.1 Å². The smallest absolute Gasteiger partial charge is 0.129 e. The molecule has 0 aliphatic rings. The Morgan fingerprint density at radius 2 is 1.68 bits per heavy atom. The molecule has 0 spiro atoms. The van der Waals surface area contributed by atoms with Gasteiger partial charge in [-0.15, -0.1) is 0 Å². The van der Waals surface area contributed by atoms with Gasteiger partial charge in [-0.1, -0.05) is 37.9 Å². The number of rotatable bonds is 3. The lowest BCUT2D eigenvalue weighted by atomic mass is 10.0. The summed E-state index contributed by atoms with van der Waals surface area (Å²) in [7, 11) is 0. The van der Waals surface area contributed by atoms with Crippen LogP contribution in [0.1, 0.15) is 16.0 Å². The van der Waals surface area contributed by atoms with Crippen LogP contribution < -0.4 is 0 Å². The van der Waals surface area contributed by atoms with Crippen molar-refractivity contribution in [1.29, 1.82) is 0 Å². The van der Waals surface area contributed by atoms with Crippen LogP contribution in [0.5, 0.6) is 0 Å². The number of alkyl halides is 1. The topological polar surface area (TPSA) is 0 Å². The van der Waals surface area contributed by atoms with Gasteiger partial charge >= 0.3 is 0 Å². The van der Waals surface area contributed by atoms with Crippen molar-refractivity contribution in [3.63, 3.8) is 0 Å². The van der Waals surface area contributed by atoms with E-state index in [0.29, 0.717) is 11.1 Å². The van der Waals surface area contributed by atoms with Crippen LogP contribution in [0.25, 0.3) is 0 Å². The summed E-state index contributed by atoms with van der Waals surface area (Å²) >= 11 is 6.60. The highest BCUT2D eigenvalue weighted by Crippen LogP contribution is 2.31. The normalized spacial score (nSPS) is 12.5. The van der Waals surface area contributed by atoms with Crippen LogP contribution in [0, 0.1) is 17.5 Å². The molecule has 0 N–H and O–H groups in total. The van der Waals surface area contributed by atoms with E-state index in [9.17, 15) is 13.2 Å². The quantitative estimate of drug-likeness (QED) is 0.600. The molecule has 0 aliphatic heterocycles. The molecule has 100 valence electrons. The van der Waals surface area contributed by atoms with Crippen LogP contribution in [0.4, 0.5) is 13.2 Å². The monoisotopic (exact) mass is 392 g/mol. The Kier molecular flexibility index (Phi) is 4.68. The molecule has 0 saturated heterocycles. The maximum Gasteiger partial charge on any atom is 0.129 e. The Labute approximate surface area is 125 Å². The Morgan fingerprint density at radius 1 is 0.947 bits per heavy atom. The number of hydrogen-bond donors (Lipinski definition) is 0. The Bertz CT molecular complexity index is 599. The van der Waals surface area contributed by atoms with Gasteiger partial charge in [0.15, 0.2) is 0 Å². The molecule has 0 aromatic heterocycles. The summed E-state index contributed by atoms with van der Waals surface area (Å²) in [6.45, 7) is 0. The van der Waals surface area contributed by atoms with Gasteiger partial charge in [-0.25, -0.2) is 13.2 Å². The van der Waals surface area contributed by atoms with Crippen molar-refractivity contribution in [1.82, 2.24) is 0 Å². The minimum atomic E-state index is -0.625. The number of halogens is 5. The molecular formula is C14H9Br2F3. The fraction of sp³-hybridized carbons (Fsp3) is 0.143. The van der Waals surface area contributed by atoms with Gasteiger partial charge < -0.3 is 0 Å². The van der Waals surface area contributed by atoms with Crippen molar-refractivity contribution in [3.8, 4) is 0 Å². The van der Waals surface area contributed by atoms with Crippen molar-refractivity contribution < 1.29 is 13.2 Å². The minimum Gasteiger partial charge on any atom is -0.207 e. The zero-order chi connectivity index (χ0) is 14.0. The maximum absolute atomic E-state index is 13.7. The summed E-state index contributed by atoms with van der Waals surface area (Å²) in [6, 6.07) is 7.96. The molecule has 0 fully saturated rings. The molecule has 0 nitrogen and oxygen atoms in total. The molecule has 2 rings (SSSR count). The van der Waals surface area contributed by atoms with E-state index in [1.54, 1.807) is 12.1 Å². The summed E-state index contributed by atoms with van der Waals surface area (Å²) < 4.78 is 40.8. The first-order valence-corrected chi connectivity index (χ1v) is 7.21. The number of benzene rings is 2. The van der Waals surface area contributed by atoms with Gasteiger partial charge in [-0.2, -0.15) is 0 Å². The van der Waals surface area contributed by atoms with E-state index in [4.69, 9.17) is 0 Å². The lowest BCUT2D eigenvalue weighted by Gasteiger charge is -2.12. The van der Waals surface area contributed by atoms with Crippen LogP contribution >= 0.6 is 31.9 Å². The first-order valence-electron chi connectivity index (χ1n) is 5.50. The summed E-state index contributed by atoms with van der Waals surface area (Å²) in [5, 5.41) is 0. The summed E-state index contributed by atoms with van der Waals surface area (Å²) in [4.78, 5) is -0.384. The highest BCUT2D eigenvalue weighted by atomic mass is 79.9. The second kappa shape index (κ2) is 6.09. The Balaban J connectivity index is 2.25. The molecule has 0 aliphatic carbocycles. The van der Waals surface area contributed by atoms with Crippen LogP contribution in [-0.2, 0) is 6.42 Å². The fourth-order valence-electron chi connectivity index (χ4n) is 1.74. The minimum absolute atomic E-state index is 0.236. The van der Waals surface area contributed by atoms with E-state index >= 15 is 0 Å². The molecule has 0 saturated carbocycles. The van der Waals surface area contributed by atoms with Crippen LogP contribution in [0.2, 0.25) is 0 Å². The molecule has 0 amide bonds. The first kappa shape index (κ1) is 14.6. The van der Waals surface area contributed by atoms with Gasteiger partial charge in [0.25, 0.3) is 0 Å². The van der Waals surface area contributed by atoms with Crippen molar-refractivity contribution >= 4 is 31.9 Å². The fourth-order valence-corrected chi connectivity index (χ4v) is 2.82. The first-order chi connectivity index (χ1) is 8.97. The summed E-state index contributed by atoms with van der Waals surface area (Å²) in [6.07, 6.45) is 0.236. The largest absolute Gasteiger partial charge is 0.207 e. The second-order valence-electron chi connectivity index (χ2n) is 4.07. The third kappa shape index (κ3) is 3.60. The van der Waals surface area contributed by atoms with Crippen LogP contribution in [0.15, 0.2) is 40.9 Å². The maximum atomic E-state index is 13.7. The van der Waals surface area contributed by atoms with E-state index in [2.05, 4.69) is 31.9 Å². The van der Waals surface area contributed by atoms with E-state index < -0.39 is 11.6 Å². The predicted molar refractivity (Wildman–Crippen MR) is 75.8 cm³/mol. The lowest BCUT2D eigenvalue weighted by molar-refractivity contribution is 0.568. The third-order valence-corrected chi connectivity index (χ3v) is 4.02. The Morgan fingerprint density at radius 3 is 2.37 bits per heavy atom. The van der Waals surface area contributed by atoms with E-state index in [1.807, 2.05) is 0 Å². The predicted octanol–water partition coefficient (Wildman–Crippen LogP) is 5.55. The van der Waals surface area contributed by atoms with Gasteiger partial charge in [-0.3, -0.25) is 0 Å². The SMILES string of the molecule is Fc1ccc(CC(Br)c2cc(Br)ccc2F)c(F)c1. The van der Waals surface area contributed by atoms with E-state index in [0.717, 1.165) is 10.5 Å². The average Bonchev–Trinajstić information content (AvgIpc) is 2.35. The van der Waals surface area contributed by atoms with Crippen LogP contribution in [0.3, 0.4) is 0 Å². The molecule has 19 heavy (non-hydrogen) atoms. The zero-order valence-corrected chi connectivity index (χ0v) is 12.8. The van der Waals surface area contributed by atoms with E-state index in [1.165, 1.54) is 18.2 Å². The molecule has 5 heteroatoms. The molecule has 1 unspecified atom stereocenters. The molecule has 0 heterocycles. The van der Waals surface area contributed by atoms with Gasteiger partial charge in [0.05, 0.1) is 0 Å². The Hall–Kier alpha value is -0.810. The number of hydrogen-bond acceptors (Lipinski definition) is 0.